The van der Waals surface area contributed by atoms with Gasteiger partial charge in [0, 0.05) is 12.1 Å². The Bertz CT molecular complexity index is 121. The van der Waals surface area contributed by atoms with Crippen molar-refractivity contribution in [1.82, 2.24) is 4.90 Å². The molecule has 1 fully saturated rings. The van der Waals surface area contributed by atoms with E-state index in [1.54, 1.807) is 0 Å². The number of nitrogens with zero attached hydrogens (tertiary/aromatic N) is 1. The van der Waals surface area contributed by atoms with Crippen LogP contribution >= 0.6 is 0 Å². The van der Waals surface area contributed by atoms with Crippen molar-refractivity contribution in [1.29, 1.82) is 0 Å². The Morgan fingerprint density at radius 1 is 1.36 bits per heavy atom. The van der Waals surface area contributed by atoms with E-state index in [-0.39, 0.29) is 6.73 Å². The molecule has 2 heteroatoms. The number of rotatable bonds is 3. The van der Waals surface area contributed by atoms with E-state index in [4.69, 9.17) is 5.11 Å². The maximum atomic E-state index is 9.09. The summed E-state index contributed by atoms with van der Waals surface area (Å²) in [7, 11) is 0. The summed E-state index contributed by atoms with van der Waals surface area (Å²) >= 11 is 0. The van der Waals surface area contributed by atoms with E-state index in [9.17, 15) is 0 Å². The molecule has 1 aliphatic heterocycles. The van der Waals surface area contributed by atoms with Crippen LogP contribution in [-0.4, -0.2) is 28.8 Å². The van der Waals surface area contributed by atoms with Gasteiger partial charge in [0.15, 0.2) is 0 Å². The molecule has 0 radical (unpaired) electrons. The van der Waals surface area contributed by atoms with Crippen LogP contribution in [0.15, 0.2) is 0 Å². The van der Waals surface area contributed by atoms with E-state index in [2.05, 4.69) is 18.7 Å². The van der Waals surface area contributed by atoms with E-state index in [0.717, 1.165) is 6.54 Å². The molecule has 0 aliphatic carbocycles. The number of aliphatic hydroxyl groups excluding tert-OH is 1. The normalized spacial score (nSPS) is 24.3. The van der Waals surface area contributed by atoms with Crippen molar-refractivity contribution in [3.8, 4) is 0 Å². The molecular formula is C9H19NO. The standard InChI is InChI=1S/C9H19NO/c1-3-9(4-2)6-5-7-10(9)8-11/h11H,3-8H2,1-2H3. The lowest BCUT2D eigenvalue weighted by atomic mass is 9.90. The van der Waals surface area contributed by atoms with Crippen LogP contribution in [0.2, 0.25) is 0 Å². The predicted octanol–water partition coefficient (Wildman–Crippen LogP) is 1.59. The fourth-order valence-corrected chi connectivity index (χ4v) is 2.27. The van der Waals surface area contributed by atoms with Crippen molar-refractivity contribution < 1.29 is 5.11 Å². The SMILES string of the molecule is CCC1(CC)CCCN1CO. The van der Waals surface area contributed by atoms with Gasteiger partial charge in [0.25, 0.3) is 0 Å². The summed E-state index contributed by atoms with van der Waals surface area (Å²) in [5.74, 6) is 0. The van der Waals surface area contributed by atoms with Gasteiger partial charge in [-0.3, -0.25) is 4.90 Å². The van der Waals surface area contributed by atoms with Gasteiger partial charge in [-0.25, -0.2) is 0 Å². The first-order chi connectivity index (χ1) is 5.29. The Morgan fingerprint density at radius 2 is 2.00 bits per heavy atom. The van der Waals surface area contributed by atoms with E-state index in [1.165, 1.54) is 25.7 Å². The second-order valence-electron chi connectivity index (χ2n) is 3.44. The maximum absolute atomic E-state index is 9.09. The molecular weight excluding hydrogens is 138 g/mol. The number of hydrogen-bond acceptors (Lipinski definition) is 2. The summed E-state index contributed by atoms with van der Waals surface area (Å²) in [4.78, 5) is 2.22. The highest BCUT2D eigenvalue weighted by molar-refractivity contribution is 4.92. The summed E-state index contributed by atoms with van der Waals surface area (Å²) in [5.41, 5.74) is 0.328. The van der Waals surface area contributed by atoms with Crippen LogP contribution in [0, 0.1) is 0 Å². The van der Waals surface area contributed by atoms with Crippen molar-refractivity contribution in [3.05, 3.63) is 0 Å². The molecule has 1 rings (SSSR count). The Balaban J connectivity index is 2.63. The average Bonchev–Trinajstić information content (AvgIpc) is 2.47. The molecule has 2 nitrogen and oxygen atoms in total. The van der Waals surface area contributed by atoms with Crippen LogP contribution in [0.5, 0.6) is 0 Å². The number of hydrogen-bond donors (Lipinski definition) is 1. The van der Waals surface area contributed by atoms with Gasteiger partial charge in [-0.2, -0.15) is 0 Å². The molecule has 0 aromatic rings. The minimum absolute atomic E-state index is 0.238. The Labute approximate surface area is 69.2 Å². The smallest absolute Gasteiger partial charge is 0.0961 e. The zero-order chi connectivity index (χ0) is 8.32. The molecule has 0 aromatic heterocycles. The zero-order valence-corrected chi connectivity index (χ0v) is 7.64. The molecule has 1 N–H and O–H groups in total. The number of likely N-dealkylation sites (tertiary alicyclic amines) is 1. The lowest BCUT2D eigenvalue weighted by molar-refractivity contribution is 0.0323. The van der Waals surface area contributed by atoms with E-state index < -0.39 is 0 Å². The summed E-state index contributed by atoms with van der Waals surface area (Å²) < 4.78 is 0. The van der Waals surface area contributed by atoms with Crippen LogP contribution in [0.4, 0.5) is 0 Å². The first-order valence-corrected chi connectivity index (χ1v) is 4.65. The van der Waals surface area contributed by atoms with Crippen molar-refractivity contribution in [2.75, 3.05) is 13.3 Å². The van der Waals surface area contributed by atoms with E-state index in [1.807, 2.05) is 0 Å². The lowest BCUT2D eigenvalue weighted by Gasteiger charge is -2.35. The Morgan fingerprint density at radius 3 is 2.36 bits per heavy atom. The molecule has 0 unspecified atom stereocenters. The van der Waals surface area contributed by atoms with Gasteiger partial charge < -0.3 is 5.11 Å². The Hall–Kier alpha value is -0.0800. The van der Waals surface area contributed by atoms with Crippen LogP contribution in [0.3, 0.4) is 0 Å². The van der Waals surface area contributed by atoms with Gasteiger partial charge in [-0.15, -0.1) is 0 Å². The molecule has 0 amide bonds. The average molecular weight is 157 g/mol. The minimum atomic E-state index is 0.238. The monoisotopic (exact) mass is 157 g/mol. The van der Waals surface area contributed by atoms with Gasteiger partial charge in [0.2, 0.25) is 0 Å². The Kier molecular flexibility index (Phi) is 2.90. The highest BCUT2D eigenvalue weighted by Crippen LogP contribution is 2.34. The van der Waals surface area contributed by atoms with Crippen molar-refractivity contribution >= 4 is 0 Å². The molecule has 0 spiro atoms. The topological polar surface area (TPSA) is 23.5 Å². The molecule has 0 bridgehead atoms. The first kappa shape index (κ1) is 9.01. The summed E-state index contributed by atoms with van der Waals surface area (Å²) in [6.07, 6.45) is 4.86. The van der Waals surface area contributed by atoms with Crippen molar-refractivity contribution in [2.24, 2.45) is 0 Å². The highest BCUT2D eigenvalue weighted by Gasteiger charge is 2.36. The van der Waals surface area contributed by atoms with Gasteiger partial charge in [0.05, 0.1) is 6.73 Å². The summed E-state index contributed by atoms with van der Waals surface area (Å²) in [5, 5.41) is 9.09. The molecule has 66 valence electrons. The summed E-state index contributed by atoms with van der Waals surface area (Å²) in [6.45, 7) is 5.76. The van der Waals surface area contributed by atoms with Gasteiger partial charge in [0.1, 0.15) is 0 Å². The lowest BCUT2D eigenvalue weighted by Crippen LogP contribution is -2.43. The quantitative estimate of drug-likeness (QED) is 0.672. The van der Waals surface area contributed by atoms with Gasteiger partial charge in [-0.1, -0.05) is 13.8 Å². The van der Waals surface area contributed by atoms with Crippen LogP contribution < -0.4 is 0 Å². The molecule has 0 aromatic carbocycles. The third-order valence-corrected chi connectivity index (χ3v) is 3.23. The summed E-state index contributed by atoms with van der Waals surface area (Å²) in [6, 6.07) is 0. The predicted molar refractivity (Wildman–Crippen MR) is 46.3 cm³/mol. The fraction of sp³-hybridized carbons (Fsp3) is 1.00. The second-order valence-corrected chi connectivity index (χ2v) is 3.44. The molecule has 0 saturated carbocycles. The second kappa shape index (κ2) is 3.55. The third-order valence-electron chi connectivity index (χ3n) is 3.23. The fourth-order valence-electron chi connectivity index (χ4n) is 2.27. The maximum Gasteiger partial charge on any atom is 0.0961 e. The molecule has 1 heterocycles. The van der Waals surface area contributed by atoms with Crippen molar-refractivity contribution in [3.63, 3.8) is 0 Å². The van der Waals surface area contributed by atoms with Crippen LogP contribution in [0.1, 0.15) is 39.5 Å². The van der Waals surface area contributed by atoms with E-state index in [0.29, 0.717) is 5.54 Å². The molecule has 0 atom stereocenters. The van der Waals surface area contributed by atoms with Gasteiger partial charge in [-0.05, 0) is 25.7 Å². The van der Waals surface area contributed by atoms with Gasteiger partial charge >= 0.3 is 0 Å². The molecule has 11 heavy (non-hydrogen) atoms. The third kappa shape index (κ3) is 1.42. The highest BCUT2D eigenvalue weighted by atomic mass is 16.3. The minimum Gasteiger partial charge on any atom is -0.381 e. The van der Waals surface area contributed by atoms with Crippen LogP contribution in [0.25, 0.3) is 0 Å². The van der Waals surface area contributed by atoms with Crippen LogP contribution in [-0.2, 0) is 0 Å². The van der Waals surface area contributed by atoms with Crippen molar-refractivity contribution in [2.45, 2.75) is 45.1 Å². The largest absolute Gasteiger partial charge is 0.381 e. The first-order valence-electron chi connectivity index (χ1n) is 4.65. The molecule has 1 saturated heterocycles. The number of aliphatic hydroxyl groups is 1. The zero-order valence-electron chi connectivity index (χ0n) is 7.64. The molecule has 1 aliphatic rings. The van der Waals surface area contributed by atoms with E-state index >= 15 is 0 Å².